The lowest BCUT2D eigenvalue weighted by Crippen LogP contribution is -2.61. The standard InChI is InChI=1S/C17H24N2O4S/c1-12(2)9-18-7-8-19(15-11-24(22,23)10-14(15)18)17(21)13-5-3-4-6-16(13)20/h3-6,12,14-15,20H,7-11H2,1-2H3. The summed E-state index contributed by atoms with van der Waals surface area (Å²) in [7, 11) is -3.15. The molecule has 1 aromatic rings. The van der Waals surface area contributed by atoms with Gasteiger partial charge in [0.25, 0.3) is 5.91 Å². The van der Waals surface area contributed by atoms with Crippen LogP contribution < -0.4 is 0 Å². The molecule has 2 aliphatic rings. The van der Waals surface area contributed by atoms with Gasteiger partial charge in [-0.15, -0.1) is 0 Å². The average molecular weight is 352 g/mol. The zero-order valence-electron chi connectivity index (χ0n) is 14.1. The minimum atomic E-state index is -3.15. The zero-order chi connectivity index (χ0) is 17.5. The predicted octanol–water partition coefficient (Wildman–Crippen LogP) is 0.972. The zero-order valence-corrected chi connectivity index (χ0v) is 14.9. The van der Waals surface area contributed by atoms with Gasteiger partial charge in [0.05, 0.1) is 23.1 Å². The molecule has 2 aliphatic heterocycles. The van der Waals surface area contributed by atoms with Gasteiger partial charge in [0.15, 0.2) is 9.84 Å². The molecule has 0 bridgehead atoms. The summed E-state index contributed by atoms with van der Waals surface area (Å²) >= 11 is 0. The van der Waals surface area contributed by atoms with Crippen molar-refractivity contribution in [2.75, 3.05) is 31.1 Å². The molecule has 6 nitrogen and oxygen atoms in total. The third-order valence-corrected chi connectivity index (χ3v) is 6.48. The summed E-state index contributed by atoms with van der Waals surface area (Å²) in [5.74, 6) is 0.198. The quantitative estimate of drug-likeness (QED) is 0.877. The lowest BCUT2D eigenvalue weighted by Gasteiger charge is -2.44. The van der Waals surface area contributed by atoms with Gasteiger partial charge in [0.1, 0.15) is 5.75 Å². The number of amides is 1. The summed E-state index contributed by atoms with van der Waals surface area (Å²) in [4.78, 5) is 16.7. The van der Waals surface area contributed by atoms with E-state index in [1.807, 2.05) is 0 Å². The molecule has 2 atom stereocenters. The summed E-state index contributed by atoms with van der Waals surface area (Å²) in [6.45, 7) is 6.19. The Labute approximate surface area is 143 Å². The van der Waals surface area contributed by atoms with Crippen LogP contribution in [0.3, 0.4) is 0 Å². The Balaban J connectivity index is 1.88. The number of piperazine rings is 1. The molecular formula is C17H24N2O4S. The largest absolute Gasteiger partial charge is 0.507 e. The van der Waals surface area contributed by atoms with E-state index in [0.29, 0.717) is 19.0 Å². The molecule has 2 unspecified atom stereocenters. The van der Waals surface area contributed by atoms with Crippen LogP contribution in [0, 0.1) is 5.92 Å². The van der Waals surface area contributed by atoms with Gasteiger partial charge >= 0.3 is 0 Å². The molecule has 0 saturated carbocycles. The number of hydrogen-bond donors (Lipinski definition) is 1. The van der Waals surface area contributed by atoms with Crippen LogP contribution in [-0.4, -0.2) is 72.5 Å². The molecule has 1 aromatic carbocycles. The number of rotatable bonds is 3. The van der Waals surface area contributed by atoms with Gasteiger partial charge in [0, 0.05) is 25.7 Å². The normalized spacial score (nSPS) is 26.5. The molecule has 0 aromatic heterocycles. The van der Waals surface area contributed by atoms with Crippen molar-refractivity contribution in [1.82, 2.24) is 9.80 Å². The van der Waals surface area contributed by atoms with E-state index in [4.69, 9.17) is 0 Å². The molecule has 0 aliphatic carbocycles. The minimum absolute atomic E-state index is 0.00555. The summed E-state index contributed by atoms with van der Waals surface area (Å²) in [5.41, 5.74) is 0.234. The van der Waals surface area contributed by atoms with E-state index in [0.717, 1.165) is 6.54 Å². The lowest BCUT2D eigenvalue weighted by atomic mass is 10.0. The Kier molecular flexibility index (Phi) is 4.57. The summed E-state index contributed by atoms with van der Waals surface area (Å²) in [6.07, 6.45) is 0. The third kappa shape index (κ3) is 3.28. The summed E-state index contributed by atoms with van der Waals surface area (Å²) in [5, 5.41) is 9.95. The van der Waals surface area contributed by atoms with Crippen LogP contribution in [0.5, 0.6) is 5.75 Å². The summed E-state index contributed by atoms with van der Waals surface area (Å²) < 4.78 is 24.4. The van der Waals surface area contributed by atoms with Gasteiger partial charge in [-0.2, -0.15) is 0 Å². The molecule has 24 heavy (non-hydrogen) atoms. The van der Waals surface area contributed by atoms with Gasteiger partial charge in [-0.1, -0.05) is 26.0 Å². The summed E-state index contributed by atoms with van der Waals surface area (Å²) in [6, 6.07) is 5.93. The number of carbonyl (C=O) groups excluding carboxylic acids is 1. The molecule has 0 spiro atoms. The molecule has 3 rings (SSSR count). The topological polar surface area (TPSA) is 77.9 Å². The Bertz CT molecular complexity index is 732. The van der Waals surface area contributed by atoms with Crippen LogP contribution in [0.15, 0.2) is 24.3 Å². The maximum absolute atomic E-state index is 12.9. The van der Waals surface area contributed by atoms with Crippen molar-refractivity contribution in [3.63, 3.8) is 0 Å². The van der Waals surface area contributed by atoms with E-state index in [-0.39, 0.29) is 40.8 Å². The Morgan fingerprint density at radius 1 is 1.21 bits per heavy atom. The third-order valence-electron chi connectivity index (χ3n) is 4.79. The van der Waals surface area contributed by atoms with Crippen LogP contribution in [0.25, 0.3) is 0 Å². The lowest BCUT2D eigenvalue weighted by molar-refractivity contribution is 0.0295. The molecule has 1 amide bonds. The van der Waals surface area contributed by atoms with Crippen molar-refractivity contribution in [2.24, 2.45) is 5.92 Å². The van der Waals surface area contributed by atoms with Crippen LogP contribution in [0.1, 0.15) is 24.2 Å². The molecule has 0 radical (unpaired) electrons. The van der Waals surface area contributed by atoms with Gasteiger partial charge in [0.2, 0.25) is 0 Å². The Morgan fingerprint density at radius 3 is 2.54 bits per heavy atom. The highest BCUT2D eigenvalue weighted by molar-refractivity contribution is 7.91. The Hall–Kier alpha value is -1.60. The van der Waals surface area contributed by atoms with Crippen LogP contribution in [0.2, 0.25) is 0 Å². The van der Waals surface area contributed by atoms with Gasteiger partial charge in [-0.05, 0) is 18.1 Å². The highest BCUT2D eigenvalue weighted by Crippen LogP contribution is 2.30. The molecule has 1 N–H and O–H groups in total. The monoisotopic (exact) mass is 352 g/mol. The fourth-order valence-corrected chi connectivity index (χ4v) is 5.79. The van der Waals surface area contributed by atoms with Crippen molar-refractivity contribution in [3.8, 4) is 5.75 Å². The van der Waals surface area contributed by atoms with E-state index in [2.05, 4.69) is 18.7 Å². The van der Waals surface area contributed by atoms with Crippen molar-refractivity contribution in [1.29, 1.82) is 0 Å². The van der Waals surface area contributed by atoms with E-state index >= 15 is 0 Å². The fourth-order valence-electron chi connectivity index (χ4n) is 3.78. The number of fused-ring (bicyclic) bond motifs is 1. The molecule has 132 valence electrons. The van der Waals surface area contributed by atoms with E-state index < -0.39 is 9.84 Å². The second-order valence-corrected chi connectivity index (χ2v) is 9.27. The number of nitrogens with zero attached hydrogens (tertiary/aromatic N) is 2. The van der Waals surface area contributed by atoms with Crippen LogP contribution in [0.4, 0.5) is 0 Å². The van der Waals surface area contributed by atoms with E-state index in [9.17, 15) is 18.3 Å². The number of benzene rings is 1. The second-order valence-electron chi connectivity index (χ2n) is 7.12. The van der Waals surface area contributed by atoms with Crippen molar-refractivity contribution in [3.05, 3.63) is 29.8 Å². The highest BCUT2D eigenvalue weighted by atomic mass is 32.2. The predicted molar refractivity (Wildman–Crippen MR) is 91.8 cm³/mol. The number of sulfone groups is 1. The number of aromatic hydroxyl groups is 1. The van der Waals surface area contributed by atoms with Crippen LogP contribution >= 0.6 is 0 Å². The molecule has 7 heteroatoms. The van der Waals surface area contributed by atoms with Gasteiger partial charge in [-0.25, -0.2) is 8.42 Å². The maximum Gasteiger partial charge on any atom is 0.257 e. The number of hydrogen-bond acceptors (Lipinski definition) is 5. The minimum Gasteiger partial charge on any atom is -0.507 e. The SMILES string of the molecule is CC(C)CN1CCN(C(=O)c2ccccc2O)C2CS(=O)(=O)CC21. The first-order valence-electron chi connectivity index (χ1n) is 8.32. The first kappa shape index (κ1) is 17.2. The fraction of sp³-hybridized carbons (Fsp3) is 0.588. The van der Waals surface area contributed by atoms with E-state index in [1.54, 1.807) is 23.1 Å². The Morgan fingerprint density at radius 2 is 1.88 bits per heavy atom. The van der Waals surface area contributed by atoms with Crippen molar-refractivity contribution >= 4 is 15.7 Å². The number of phenolic OH excluding ortho intramolecular Hbond substituents is 1. The van der Waals surface area contributed by atoms with Gasteiger partial charge < -0.3 is 10.0 Å². The molecule has 2 fully saturated rings. The number of phenols is 1. The van der Waals surface area contributed by atoms with Crippen molar-refractivity contribution in [2.45, 2.75) is 25.9 Å². The van der Waals surface area contributed by atoms with Crippen molar-refractivity contribution < 1.29 is 18.3 Å². The van der Waals surface area contributed by atoms with E-state index in [1.165, 1.54) is 6.07 Å². The smallest absolute Gasteiger partial charge is 0.257 e. The van der Waals surface area contributed by atoms with Crippen LogP contribution in [-0.2, 0) is 9.84 Å². The first-order chi connectivity index (χ1) is 11.3. The van der Waals surface area contributed by atoms with Gasteiger partial charge in [-0.3, -0.25) is 9.69 Å². The highest BCUT2D eigenvalue weighted by Gasteiger charge is 2.48. The molecular weight excluding hydrogens is 328 g/mol. The number of para-hydroxylation sites is 1. The molecule has 2 heterocycles. The first-order valence-corrected chi connectivity index (χ1v) is 10.1. The number of carbonyl (C=O) groups is 1. The second kappa shape index (κ2) is 6.37. The maximum atomic E-state index is 12.9. The average Bonchev–Trinajstić information content (AvgIpc) is 2.82. The molecule has 2 saturated heterocycles.